The number of hydrogen-bond acceptors (Lipinski definition) is 8. The molecule has 0 fully saturated rings. The minimum absolute atomic E-state index is 0.00896. The van der Waals surface area contributed by atoms with E-state index in [1.807, 2.05) is 0 Å². The molecule has 0 N–H and O–H groups in total. The summed E-state index contributed by atoms with van der Waals surface area (Å²) >= 11 is 1.00. The van der Waals surface area contributed by atoms with E-state index in [-0.39, 0.29) is 34.0 Å². The van der Waals surface area contributed by atoms with Gasteiger partial charge < -0.3 is 9.30 Å². The monoisotopic (exact) mass is 554 g/mol. The van der Waals surface area contributed by atoms with E-state index in [9.17, 15) is 28.1 Å². The van der Waals surface area contributed by atoms with E-state index >= 15 is 0 Å². The summed E-state index contributed by atoms with van der Waals surface area (Å²) < 4.78 is 34.3. The van der Waals surface area contributed by atoms with E-state index < -0.39 is 26.8 Å². The molecule has 0 aliphatic carbocycles. The molecule has 0 radical (unpaired) electrons. The molecule has 0 aliphatic rings. The molecule has 1 amide bonds. The number of sulfonamides is 1. The molecule has 0 unspecified atom stereocenters. The van der Waals surface area contributed by atoms with Crippen LogP contribution in [0.5, 0.6) is 0 Å². The number of methoxy groups -OCH3 is 1. The maximum absolute atomic E-state index is 13.2. The molecule has 196 valence electrons. The lowest BCUT2D eigenvalue weighted by molar-refractivity contribution is -0.384. The summed E-state index contributed by atoms with van der Waals surface area (Å²) in [6, 6.07) is 18.2. The van der Waals surface area contributed by atoms with Gasteiger partial charge in [-0.2, -0.15) is 4.99 Å². The third-order valence-electron chi connectivity index (χ3n) is 5.61. The Bertz CT molecular complexity index is 1690. The van der Waals surface area contributed by atoms with Crippen molar-refractivity contribution in [1.82, 2.24) is 4.57 Å². The van der Waals surface area contributed by atoms with Crippen LogP contribution in [0.25, 0.3) is 10.2 Å². The van der Waals surface area contributed by atoms with Crippen LogP contribution in [-0.4, -0.2) is 43.4 Å². The molecule has 1 heterocycles. The predicted octanol–water partition coefficient (Wildman–Crippen LogP) is 3.74. The van der Waals surface area contributed by atoms with E-state index in [1.165, 1.54) is 58.4 Å². The van der Waals surface area contributed by atoms with Crippen LogP contribution >= 0.6 is 11.3 Å². The van der Waals surface area contributed by atoms with Gasteiger partial charge in [0, 0.05) is 24.2 Å². The Morgan fingerprint density at radius 3 is 2.37 bits per heavy atom. The molecule has 4 aromatic rings. The first kappa shape index (κ1) is 26.7. The van der Waals surface area contributed by atoms with E-state index in [4.69, 9.17) is 4.74 Å². The van der Waals surface area contributed by atoms with E-state index in [1.54, 1.807) is 37.3 Å². The Morgan fingerprint density at radius 2 is 1.76 bits per heavy atom. The fourth-order valence-corrected chi connectivity index (χ4v) is 6.28. The number of carbonyl (C=O) groups is 2. The van der Waals surface area contributed by atoms with Gasteiger partial charge in [0.1, 0.15) is 6.54 Å². The summed E-state index contributed by atoms with van der Waals surface area (Å²) in [7, 11) is -2.65. The van der Waals surface area contributed by atoms with Gasteiger partial charge in [0.05, 0.1) is 32.8 Å². The SMILES string of the molecule is CCN(c1ccccc1)S(=O)(=O)c1ccc(C(=O)N=c2sc3cc([N+](=O)[O-])ccc3n2CC(=O)OC)cc1. The van der Waals surface area contributed by atoms with Crippen molar-refractivity contribution in [2.75, 3.05) is 18.0 Å². The van der Waals surface area contributed by atoms with Crippen LogP contribution in [0.15, 0.2) is 82.7 Å². The second-order valence-electron chi connectivity index (χ2n) is 7.90. The van der Waals surface area contributed by atoms with Crippen LogP contribution in [0.4, 0.5) is 11.4 Å². The number of ether oxygens (including phenoxy) is 1. The zero-order valence-corrected chi connectivity index (χ0v) is 21.9. The molecule has 0 aliphatic heterocycles. The van der Waals surface area contributed by atoms with Crippen LogP contribution in [0, 0.1) is 10.1 Å². The number of fused-ring (bicyclic) bond motifs is 1. The Morgan fingerprint density at radius 1 is 1.08 bits per heavy atom. The largest absolute Gasteiger partial charge is 0.468 e. The number of esters is 1. The summed E-state index contributed by atoms with van der Waals surface area (Å²) in [6.45, 7) is 1.68. The van der Waals surface area contributed by atoms with Crippen LogP contribution < -0.4 is 9.11 Å². The Balaban J connectivity index is 1.70. The molecule has 38 heavy (non-hydrogen) atoms. The number of aromatic nitrogens is 1. The molecule has 3 aromatic carbocycles. The number of rotatable bonds is 8. The maximum atomic E-state index is 13.2. The first-order valence-corrected chi connectivity index (χ1v) is 13.5. The molecule has 0 saturated carbocycles. The van der Waals surface area contributed by atoms with Gasteiger partial charge in [-0.1, -0.05) is 29.5 Å². The number of amides is 1. The highest BCUT2D eigenvalue weighted by atomic mass is 32.2. The van der Waals surface area contributed by atoms with E-state index in [0.717, 1.165) is 11.3 Å². The summed E-state index contributed by atoms with van der Waals surface area (Å²) in [5.74, 6) is -1.27. The Kier molecular flexibility index (Phi) is 7.69. The fraction of sp³-hybridized carbons (Fsp3) is 0.160. The minimum Gasteiger partial charge on any atom is -0.468 e. The van der Waals surface area contributed by atoms with Crippen molar-refractivity contribution in [2.24, 2.45) is 4.99 Å². The molecule has 1 aromatic heterocycles. The molecule has 13 heteroatoms. The molecule has 0 saturated heterocycles. The van der Waals surface area contributed by atoms with Crippen molar-refractivity contribution < 1.29 is 27.7 Å². The third kappa shape index (κ3) is 5.33. The van der Waals surface area contributed by atoms with Crippen LogP contribution in [0.3, 0.4) is 0 Å². The van der Waals surface area contributed by atoms with Crippen molar-refractivity contribution >= 4 is 54.8 Å². The van der Waals surface area contributed by atoms with Gasteiger partial charge in [0.25, 0.3) is 21.6 Å². The first-order chi connectivity index (χ1) is 18.1. The molecule has 11 nitrogen and oxygen atoms in total. The van der Waals surface area contributed by atoms with Crippen molar-refractivity contribution in [3.8, 4) is 0 Å². The average molecular weight is 555 g/mol. The number of nitro benzene ring substituents is 1. The van der Waals surface area contributed by atoms with Gasteiger partial charge >= 0.3 is 5.97 Å². The number of benzene rings is 3. The van der Waals surface area contributed by atoms with Crippen LogP contribution in [0.1, 0.15) is 17.3 Å². The first-order valence-electron chi connectivity index (χ1n) is 11.3. The van der Waals surface area contributed by atoms with Crippen molar-refractivity contribution in [3.05, 3.63) is 93.3 Å². The third-order valence-corrected chi connectivity index (χ3v) is 8.57. The highest BCUT2D eigenvalue weighted by Crippen LogP contribution is 2.25. The Labute approximate surface area is 221 Å². The molecule has 0 bridgehead atoms. The molecule has 4 rings (SSSR count). The normalized spacial score (nSPS) is 11.9. The summed E-state index contributed by atoms with van der Waals surface area (Å²) in [5, 5.41) is 11.2. The molecular formula is C25H22N4O7S2. The number of thiazole rings is 1. The van der Waals surface area contributed by atoms with Crippen LogP contribution in [0.2, 0.25) is 0 Å². The standard InChI is InChI=1S/C25H22N4O7S2/c1-3-28(18-7-5-4-6-8-18)38(34,35)20-12-9-17(10-13-20)24(31)26-25-27(16-23(30)36-2)21-14-11-19(29(32)33)15-22(21)37-25/h4-15H,3,16H2,1-2H3. The number of carbonyl (C=O) groups excluding carboxylic acids is 2. The minimum atomic E-state index is -3.87. The zero-order valence-electron chi connectivity index (χ0n) is 20.3. The predicted molar refractivity (Wildman–Crippen MR) is 141 cm³/mol. The second-order valence-corrected chi connectivity index (χ2v) is 10.8. The summed E-state index contributed by atoms with van der Waals surface area (Å²) in [4.78, 5) is 39.9. The molecular weight excluding hydrogens is 532 g/mol. The fourth-order valence-electron chi connectivity index (χ4n) is 3.74. The number of para-hydroxylation sites is 1. The zero-order chi connectivity index (χ0) is 27.4. The smallest absolute Gasteiger partial charge is 0.325 e. The van der Waals surface area contributed by atoms with Gasteiger partial charge in [0.2, 0.25) is 0 Å². The lowest BCUT2D eigenvalue weighted by Gasteiger charge is -2.22. The average Bonchev–Trinajstić information content (AvgIpc) is 3.25. The van der Waals surface area contributed by atoms with Gasteiger partial charge in [-0.05, 0) is 49.4 Å². The maximum Gasteiger partial charge on any atom is 0.325 e. The van der Waals surface area contributed by atoms with Gasteiger partial charge in [0.15, 0.2) is 4.80 Å². The highest BCUT2D eigenvalue weighted by molar-refractivity contribution is 7.92. The van der Waals surface area contributed by atoms with Crippen molar-refractivity contribution in [2.45, 2.75) is 18.4 Å². The van der Waals surface area contributed by atoms with Crippen molar-refractivity contribution in [1.29, 1.82) is 0 Å². The number of non-ortho nitro benzene ring substituents is 1. The second kappa shape index (κ2) is 10.9. The topological polar surface area (TPSA) is 141 Å². The lowest BCUT2D eigenvalue weighted by Crippen LogP contribution is -2.30. The van der Waals surface area contributed by atoms with Gasteiger partial charge in [-0.25, -0.2) is 8.42 Å². The molecule has 0 spiro atoms. The summed E-state index contributed by atoms with van der Waals surface area (Å²) in [5.41, 5.74) is 0.972. The number of hydrogen-bond donors (Lipinski definition) is 0. The lowest BCUT2D eigenvalue weighted by atomic mass is 10.2. The summed E-state index contributed by atoms with van der Waals surface area (Å²) in [6.07, 6.45) is 0. The van der Waals surface area contributed by atoms with E-state index in [0.29, 0.717) is 15.9 Å². The van der Waals surface area contributed by atoms with Gasteiger partial charge in [-0.15, -0.1) is 0 Å². The Hall–Kier alpha value is -4.36. The highest BCUT2D eigenvalue weighted by Gasteiger charge is 2.24. The van der Waals surface area contributed by atoms with Crippen LogP contribution in [-0.2, 0) is 26.1 Å². The number of nitro groups is 1. The number of anilines is 1. The molecule has 0 atom stereocenters. The van der Waals surface area contributed by atoms with Crippen molar-refractivity contribution in [3.63, 3.8) is 0 Å². The number of nitrogens with zero attached hydrogens (tertiary/aromatic N) is 4. The quantitative estimate of drug-likeness (QED) is 0.183. The van der Waals surface area contributed by atoms with Gasteiger partial charge in [-0.3, -0.25) is 24.0 Å². The van der Waals surface area contributed by atoms with E-state index in [2.05, 4.69) is 4.99 Å².